The van der Waals surface area contributed by atoms with Gasteiger partial charge in [0.05, 0.1) is 10.6 Å². The summed E-state index contributed by atoms with van der Waals surface area (Å²) < 4.78 is 0. The van der Waals surface area contributed by atoms with Gasteiger partial charge in [-0.1, -0.05) is 11.6 Å². The normalized spacial score (nSPS) is 9.83. The molecule has 0 saturated heterocycles. The summed E-state index contributed by atoms with van der Waals surface area (Å²) in [5, 5.41) is 17.9. The number of halogens is 1. The first-order chi connectivity index (χ1) is 8.60. The van der Waals surface area contributed by atoms with Gasteiger partial charge in [-0.2, -0.15) is 5.26 Å². The first kappa shape index (κ1) is 12.1. The van der Waals surface area contributed by atoms with Gasteiger partial charge in [0.1, 0.15) is 11.9 Å². The number of anilines is 1. The molecule has 2 N–H and O–H groups in total. The molecule has 0 fully saturated rings. The summed E-state index contributed by atoms with van der Waals surface area (Å²) in [4.78, 5) is 15.6. The molecule has 0 bridgehead atoms. The van der Waals surface area contributed by atoms with E-state index in [4.69, 9.17) is 16.9 Å². The second-order valence-electron chi connectivity index (χ2n) is 3.50. The summed E-state index contributed by atoms with van der Waals surface area (Å²) in [6, 6.07) is 6.55. The molecule has 0 spiro atoms. The molecular formula is C11H8ClN5O. The highest BCUT2D eigenvalue weighted by atomic mass is 35.5. The number of carbonyl (C=O) groups excluding carboxylic acids is 1. The summed E-state index contributed by atoms with van der Waals surface area (Å²) >= 11 is 5.85. The first-order valence-electron chi connectivity index (χ1n) is 5.00. The number of H-pyrrole nitrogens is 1. The third-order valence-corrected chi connectivity index (χ3v) is 2.46. The predicted octanol–water partition coefficient (Wildman–Crippen LogP) is 1.89. The zero-order valence-electron chi connectivity index (χ0n) is 9.36. The van der Waals surface area contributed by atoms with Gasteiger partial charge in [0.25, 0.3) is 5.91 Å². The number of nitriles is 1. The fourth-order valence-electron chi connectivity index (χ4n) is 1.31. The molecule has 0 radical (unpaired) electrons. The maximum Gasteiger partial charge on any atom is 0.295 e. The Bertz CT molecular complexity index is 643. The molecule has 0 unspecified atom stereocenters. The number of hydrogen-bond acceptors (Lipinski definition) is 4. The Balaban J connectivity index is 2.17. The van der Waals surface area contributed by atoms with E-state index in [9.17, 15) is 4.79 Å². The van der Waals surface area contributed by atoms with Gasteiger partial charge < -0.3 is 5.32 Å². The van der Waals surface area contributed by atoms with Gasteiger partial charge in [0.2, 0.25) is 5.82 Å². The highest BCUT2D eigenvalue weighted by Crippen LogP contribution is 2.20. The number of amides is 1. The molecular weight excluding hydrogens is 254 g/mol. The fourth-order valence-corrected chi connectivity index (χ4v) is 1.54. The van der Waals surface area contributed by atoms with Gasteiger partial charge in [0, 0.05) is 5.69 Å². The molecule has 0 atom stereocenters. The van der Waals surface area contributed by atoms with E-state index in [0.717, 1.165) is 0 Å². The smallest absolute Gasteiger partial charge is 0.295 e. The van der Waals surface area contributed by atoms with E-state index in [-0.39, 0.29) is 10.8 Å². The number of rotatable bonds is 2. The first-order valence-corrected chi connectivity index (χ1v) is 5.38. The van der Waals surface area contributed by atoms with Crippen molar-refractivity contribution in [1.82, 2.24) is 15.2 Å². The lowest BCUT2D eigenvalue weighted by Gasteiger charge is -2.03. The van der Waals surface area contributed by atoms with Gasteiger partial charge in [-0.3, -0.25) is 9.89 Å². The Morgan fingerprint density at radius 3 is 2.89 bits per heavy atom. The van der Waals surface area contributed by atoms with Crippen molar-refractivity contribution in [2.24, 2.45) is 0 Å². The number of aryl methyl sites for hydroxylation is 1. The van der Waals surface area contributed by atoms with Crippen LogP contribution in [0.3, 0.4) is 0 Å². The number of carbonyl (C=O) groups is 1. The van der Waals surface area contributed by atoms with Crippen LogP contribution in [0.4, 0.5) is 5.69 Å². The molecule has 1 amide bonds. The molecule has 1 aromatic carbocycles. The number of nitrogens with zero attached hydrogens (tertiary/aromatic N) is 3. The monoisotopic (exact) mass is 261 g/mol. The van der Waals surface area contributed by atoms with Gasteiger partial charge in [-0.05, 0) is 25.1 Å². The topological polar surface area (TPSA) is 94.5 Å². The average Bonchev–Trinajstić information content (AvgIpc) is 2.76. The van der Waals surface area contributed by atoms with E-state index in [1.54, 1.807) is 13.0 Å². The van der Waals surface area contributed by atoms with Crippen LogP contribution in [-0.4, -0.2) is 21.1 Å². The lowest BCUT2D eigenvalue weighted by atomic mass is 10.2. The van der Waals surface area contributed by atoms with Crippen molar-refractivity contribution in [1.29, 1.82) is 5.26 Å². The Kier molecular flexibility index (Phi) is 3.26. The molecule has 0 saturated carbocycles. The quantitative estimate of drug-likeness (QED) is 0.863. The van der Waals surface area contributed by atoms with E-state index in [1.165, 1.54) is 12.1 Å². The molecule has 0 aliphatic heterocycles. The van der Waals surface area contributed by atoms with E-state index in [1.807, 2.05) is 6.07 Å². The molecule has 18 heavy (non-hydrogen) atoms. The molecule has 7 heteroatoms. The largest absolute Gasteiger partial charge is 0.319 e. The maximum atomic E-state index is 11.7. The highest BCUT2D eigenvalue weighted by molar-refractivity contribution is 6.32. The molecule has 1 heterocycles. The highest BCUT2D eigenvalue weighted by Gasteiger charge is 2.12. The second-order valence-corrected chi connectivity index (χ2v) is 3.91. The third-order valence-electron chi connectivity index (χ3n) is 2.15. The minimum absolute atomic E-state index is 0.0491. The van der Waals surface area contributed by atoms with Crippen LogP contribution < -0.4 is 5.32 Å². The van der Waals surface area contributed by atoms with Crippen molar-refractivity contribution >= 4 is 23.2 Å². The Hall–Kier alpha value is -2.39. The van der Waals surface area contributed by atoms with Crippen molar-refractivity contribution in [3.05, 3.63) is 40.4 Å². The number of aromatic amines is 1. The van der Waals surface area contributed by atoms with Crippen LogP contribution in [0.25, 0.3) is 0 Å². The molecule has 6 nitrogen and oxygen atoms in total. The molecule has 0 aliphatic rings. The summed E-state index contributed by atoms with van der Waals surface area (Å²) in [5.41, 5.74) is 0.829. The van der Waals surface area contributed by atoms with Crippen molar-refractivity contribution in [2.45, 2.75) is 6.92 Å². The SMILES string of the molecule is Cc1nc(C(=O)Nc2ccc(C#N)c(Cl)c2)n[nH]1. The molecule has 2 aromatic rings. The molecule has 0 aliphatic carbocycles. The van der Waals surface area contributed by atoms with Crippen LogP contribution in [-0.2, 0) is 0 Å². The maximum absolute atomic E-state index is 11.7. The Morgan fingerprint density at radius 2 is 2.33 bits per heavy atom. The van der Waals surface area contributed by atoms with E-state index in [0.29, 0.717) is 17.1 Å². The van der Waals surface area contributed by atoms with Crippen LogP contribution in [0.5, 0.6) is 0 Å². The van der Waals surface area contributed by atoms with Gasteiger partial charge in [0.15, 0.2) is 0 Å². The van der Waals surface area contributed by atoms with Gasteiger partial charge in [-0.15, -0.1) is 5.10 Å². The summed E-state index contributed by atoms with van der Waals surface area (Å²) in [6.07, 6.45) is 0. The van der Waals surface area contributed by atoms with Crippen LogP contribution in [0, 0.1) is 18.3 Å². The second kappa shape index (κ2) is 4.85. The summed E-state index contributed by atoms with van der Waals surface area (Å²) in [7, 11) is 0. The van der Waals surface area contributed by atoms with Crippen molar-refractivity contribution < 1.29 is 4.79 Å². The lowest BCUT2D eigenvalue weighted by Crippen LogP contribution is -2.13. The van der Waals surface area contributed by atoms with Gasteiger partial charge in [-0.25, -0.2) is 4.98 Å². The third kappa shape index (κ3) is 2.47. The molecule has 90 valence electrons. The van der Waals surface area contributed by atoms with Gasteiger partial charge >= 0.3 is 0 Å². The number of nitrogens with one attached hydrogen (secondary N) is 2. The van der Waals surface area contributed by atoms with Crippen molar-refractivity contribution in [3.8, 4) is 6.07 Å². The number of aromatic nitrogens is 3. The van der Waals surface area contributed by atoms with Crippen LogP contribution in [0.15, 0.2) is 18.2 Å². The van der Waals surface area contributed by atoms with Crippen LogP contribution in [0.2, 0.25) is 5.02 Å². The molecule has 2 rings (SSSR count). The summed E-state index contributed by atoms with van der Waals surface area (Å²) in [5.74, 6) is 0.158. The minimum atomic E-state index is -0.444. The van der Waals surface area contributed by atoms with E-state index in [2.05, 4.69) is 20.5 Å². The average molecular weight is 262 g/mol. The van der Waals surface area contributed by atoms with Crippen LogP contribution >= 0.6 is 11.6 Å². The van der Waals surface area contributed by atoms with E-state index < -0.39 is 5.91 Å². The fraction of sp³-hybridized carbons (Fsp3) is 0.0909. The minimum Gasteiger partial charge on any atom is -0.319 e. The lowest BCUT2D eigenvalue weighted by molar-refractivity contribution is 0.101. The Labute approximate surface area is 108 Å². The number of benzene rings is 1. The standard InChI is InChI=1S/C11H8ClN5O/c1-6-14-10(17-16-6)11(18)15-8-3-2-7(5-13)9(12)4-8/h2-4H,1H3,(H,15,18)(H,14,16,17). The van der Waals surface area contributed by atoms with Crippen molar-refractivity contribution in [2.75, 3.05) is 5.32 Å². The van der Waals surface area contributed by atoms with Crippen LogP contribution in [0.1, 0.15) is 22.0 Å². The van der Waals surface area contributed by atoms with E-state index >= 15 is 0 Å². The number of hydrogen-bond donors (Lipinski definition) is 2. The zero-order chi connectivity index (χ0) is 13.1. The molecule has 1 aromatic heterocycles. The summed E-state index contributed by atoms with van der Waals surface area (Å²) in [6.45, 7) is 1.70. The zero-order valence-corrected chi connectivity index (χ0v) is 10.1. The Morgan fingerprint density at radius 1 is 1.56 bits per heavy atom. The van der Waals surface area contributed by atoms with Crippen molar-refractivity contribution in [3.63, 3.8) is 0 Å². The predicted molar refractivity (Wildman–Crippen MR) is 65.2 cm³/mol.